The number of nitrogens with one attached hydrogen (secondary N) is 1. The Morgan fingerprint density at radius 1 is 1.62 bits per heavy atom. The Morgan fingerprint density at radius 3 is 3.00 bits per heavy atom. The first-order chi connectivity index (χ1) is 6.25. The van der Waals surface area contributed by atoms with E-state index < -0.39 is 6.04 Å². The van der Waals surface area contributed by atoms with Gasteiger partial charge >= 0.3 is 5.97 Å². The van der Waals surface area contributed by atoms with Crippen LogP contribution in [0.15, 0.2) is 0 Å². The Morgan fingerprint density at radius 2 is 2.38 bits per heavy atom. The van der Waals surface area contributed by atoms with Crippen LogP contribution in [0.5, 0.6) is 0 Å². The molecule has 0 amide bonds. The van der Waals surface area contributed by atoms with Crippen LogP contribution in [0.2, 0.25) is 0 Å². The first kappa shape index (κ1) is 10.5. The minimum absolute atomic E-state index is 0.0624. The highest BCUT2D eigenvalue weighted by Gasteiger charge is 2.28. The highest BCUT2D eigenvalue weighted by molar-refractivity contribution is 5.74. The molecule has 1 unspecified atom stereocenters. The fraction of sp³-hybridized carbons (Fsp3) is 0.889. The fourth-order valence-corrected chi connectivity index (χ4v) is 1.54. The molecule has 0 radical (unpaired) electrons. The topological polar surface area (TPSA) is 53.8 Å². The first-order valence-electron chi connectivity index (χ1n) is 4.95. The van der Waals surface area contributed by atoms with Gasteiger partial charge in [-0.2, -0.15) is 0 Å². The van der Waals surface area contributed by atoms with Crippen LogP contribution in [0.4, 0.5) is 0 Å². The van der Waals surface area contributed by atoms with Crippen molar-refractivity contribution in [3.05, 3.63) is 5.21 Å². The Kier molecular flexibility index (Phi) is 4.18. The highest BCUT2D eigenvalue weighted by atomic mass is 16.6. The van der Waals surface area contributed by atoms with Crippen LogP contribution >= 0.6 is 0 Å². The van der Waals surface area contributed by atoms with Gasteiger partial charge in [0.25, 0.3) is 0 Å². The Bertz CT molecular complexity index is 172. The Balaban J connectivity index is 2.35. The van der Waals surface area contributed by atoms with Gasteiger partial charge in [0.05, 0.1) is 13.2 Å². The molecule has 1 heterocycles. The zero-order chi connectivity index (χ0) is 9.68. The number of esters is 1. The van der Waals surface area contributed by atoms with Crippen LogP contribution in [0, 0.1) is 5.21 Å². The van der Waals surface area contributed by atoms with E-state index in [2.05, 4.69) is 0 Å². The van der Waals surface area contributed by atoms with Crippen molar-refractivity contribution in [1.82, 2.24) is 0 Å². The molecule has 0 aromatic rings. The first-order valence-corrected chi connectivity index (χ1v) is 4.95. The zero-order valence-corrected chi connectivity index (χ0v) is 8.04. The maximum atomic E-state index is 11.3. The number of hydrogen-bond acceptors (Lipinski definition) is 3. The molecule has 0 spiro atoms. The van der Waals surface area contributed by atoms with Crippen molar-refractivity contribution < 1.29 is 14.6 Å². The summed E-state index contributed by atoms with van der Waals surface area (Å²) in [5.41, 5.74) is 0. The number of carbonyl (C=O) groups excluding carboxylic acids is 1. The van der Waals surface area contributed by atoms with E-state index >= 15 is 0 Å². The smallest absolute Gasteiger partial charge is 0.365 e. The molecule has 1 aliphatic heterocycles. The summed E-state index contributed by atoms with van der Waals surface area (Å²) in [7, 11) is 0. The molecular weight excluding hydrogens is 170 g/mol. The molecule has 4 nitrogen and oxygen atoms in total. The molecule has 76 valence electrons. The van der Waals surface area contributed by atoms with E-state index in [4.69, 9.17) is 4.74 Å². The molecule has 1 fully saturated rings. The molecule has 0 aromatic carbocycles. The predicted molar refractivity (Wildman–Crippen MR) is 48.1 cm³/mol. The molecule has 2 atom stereocenters. The van der Waals surface area contributed by atoms with E-state index in [-0.39, 0.29) is 11.0 Å². The normalized spacial score (nSPS) is 28.5. The number of hydroxylamine groups is 2. The number of quaternary nitrogens is 1. The molecule has 0 bridgehead atoms. The molecule has 4 heteroatoms. The van der Waals surface area contributed by atoms with Crippen LogP contribution in [0.3, 0.4) is 0 Å². The van der Waals surface area contributed by atoms with Crippen LogP contribution in [0.1, 0.15) is 32.6 Å². The van der Waals surface area contributed by atoms with Crippen LogP contribution < -0.4 is 5.06 Å². The van der Waals surface area contributed by atoms with E-state index in [0.29, 0.717) is 19.6 Å². The minimum atomic E-state index is -0.458. The van der Waals surface area contributed by atoms with Crippen LogP contribution in [-0.2, 0) is 9.53 Å². The summed E-state index contributed by atoms with van der Waals surface area (Å²) in [5.74, 6) is -0.313. The molecule has 0 saturated carbocycles. The molecule has 0 aromatic heterocycles. The summed E-state index contributed by atoms with van der Waals surface area (Å²) in [6, 6.07) is -0.458. The second-order valence-corrected chi connectivity index (χ2v) is 3.43. The van der Waals surface area contributed by atoms with Gasteiger partial charge in [-0.3, -0.25) is 0 Å². The third kappa shape index (κ3) is 2.97. The number of piperidine rings is 1. The summed E-state index contributed by atoms with van der Waals surface area (Å²) in [4.78, 5) is 11.3. The second kappa shape index (κ2) is 5.19. The van der Waals surface area contributed by atoms with E-state index in [9.17, 15) is 10.0 Å². The van der Waals surface area contributed by atoms with Gasteiger partial charge in [0.15, 0.2) is 6.04 Å². The predicted octanol–water partition coefficient (Wildman–Crippen LogP) is -0.125. The maximum absolute atomic E-state index is 11.3. The van der Waals surface area contributed by atoms with Gasteiger partial charge in [-0.15, -0.1) is 0 Å². The average Bonchev–Trinajstić information content (AvgIpc) is 2.15. The molecule has 1 N–H and O–H groups in total. The molecule has 0 aliphatic carbocycles. The van der Waals surface area contributed by atoms with Gasteiger partial charge in [0.2, 0.25) is 0 Å². The third-order valence-corrected chi connectivity index (χ3v) is 2.29. The number of carbonyl (C=O) groups is 1. The molecule has 1 rings (SSSR count). The van der Waals surface area contributed by atoms with Gasteiger partial charge in [-0.1, -0.05) is 6.92 Å². The fourth-order valence-electron chi connectivity index (χ4n) is 1.54. The summed E-state index contributed by atoms with van der Waals surface area (Å²) in [6.07, 6.45) is 3.39. The lowest BCUT2D eigenvalue weighted by Crippen LogP contribution is -3.13. The number of hydrogen-bond donors (Lipinski definition) is 1. The average molecular weight is 187 g/mol. The summed E-state index contributed by atoms with van der Waals surface area (Å²) in [5, 5.41) is 11.4. The number of ether oxygens (including phenoxy) is 1. The SMILES string of the molecule is CCCOC(=O)[C@@H]1CCCC[NH+]1[O-]. The van der Waals surface area contributed by atoms with Gasteiger partial charge in [0, 0.05) is 6.42 Å². The molecule has 13 heavy (non-hydrogen) atoms. The van der Waals surface area contributed by atoms with Crippen molar-refractivity contribution in [2.24, 2.45) is 0 Å². The summed E-state index contributed by atoms with van der Waals surface area (Å²) in [6.45, 7) is 2.92. The van der Waals surface area contributed by atoms with E-state index in [1.54, 1.807) is 0 Å². The van der Waals surface area contributed by atoms with Crippen molar-refractivity contribution in [3.63, 3.8) is 0 Å². The highest BCUT2D eigenvalue weighted by Crippen LogP contribution is 2.04. The minimum Gasteiger partial charge on any atom is -0.634 e. The second-order valence-electron chi connectivity index (χ2n) is 3.43. The summed E-state index contributed by atoms with van der Waals surface area (Å²) < 4.78 is 4.94. The molecule has 1 aliphatic rings. The zero-order valence-electron chi connectivity index (χ0n) is 8.04. The van der Waals surface area contributed by atoms with E-state index in [0.717, 1.165) is 19.3 Å². The van der Waals surface area contributed by atoms with Gasteiger partial charge in [0.1, 0.15) is 0 Å². The van der Waals surface area contributed by atoms with Crippen molar-refractivity contribution in [3.8, 4) is 0 Å². The van der Waals surface area contributed by atoms with Crippen molar-refractivity contribution in [1.29, 1.82) is 0 Å². The third-order valence-electron chi connectivity index (χ3n) is 2.29. The lowest BCUT2D eigenvalue weighted by atomic mass is 10.1. The van der Waals surface area contributed by atoms with Gasteiger partial charge < -0.3 is 15.0 Å². The van der Waals surface area contributed by atoms with Gasteiger partial charge in [-0.25, -0.2) is 4.79 Å². The van der Waals surface area contributed by atoms with Crippen LogP contribution in [-0.4, -0.2) is 25.2 Å². The largest absolute Gasteiger partial charge is 0.634 e. The lowest BCUT2D eigenvalue weighted by molar-refractivity contribution is -0.871. The molecule has 1 saturated heterocycles. The Hall–Kier alpha value is -0.610. The standard InChI is InChI=1S/C9H17NO3/c1-2-7-13-9(11)8-5-3-4-6-10(8)12/h8,10H,2-7H2,1H3/t8-/m0/s1. The van der Waals surface area contributed by atoms with Gasteiger partial charge in [-0.05, 0) is 19.3 Å². The van der Waals surface area contributed by atoms with E-state index in [1.807, 2.05) is 6.92 Å². The summed E-state index contributed by atoms with van der Waals surface area (Å²) >= 11 is 0. The maximum Gasteiger partial charge on any atom is 0.365 e. The molecular formula is C9H17NO3. The quantitative estimate of drug-likeness (QED) is 0.495. The van der Waals surface area contributed by atoms with E-state index in [1.165, 1.54) is 0 Å². The lowest BCUT2D eigenvalue weighted by Gasteiger charge is -2.33. The van der Waals surface area contributed by atoms with Crippen LogP contribution in [0.25, 0.3) is 0 Å². The van der Waals surface area contributed by atoms with Crippen molar-refractivity contribution >= 4 is 5.97 Å². The van der Waals surface area contributed by atoms with Crippen molar-refractivity contribution in [2.75, 3.05) is 13.2 Å². The Labute approximate surface area is 78.4 Å². The van der Waals surface area contributed by atoms with Crippen molar-refractivity contribution in [2.45, 2.75) is 38.6 Å². The monoisotopic (exact) mass is 187 g/mol. The number of rotatable bonds is 3.